The second-order valence-corrected chi connectivity index (χ2v) is 9.59. The minimum absolute atomic E-state index is 0.0801. The SMILES string of the molecule is CS(=O)(=O)N1CCN(C(=O)C2CCN(C(=O)Nc3cccs3)CC2)CC1. The Labute approximate surface area is 157 Å². The maximum Gasteiger partial charge on any atom is 0.322 e. The Bertz CT molecular complexity index is 734. The van der Waals surface area contributed by atoms with Crippen LogP contribution in [-0.4, -0.2) is 80.0 Å². The first kappa shape index (κ1) is 19.1. The van der Waals surface area contributed by atoms with E-state index in [4.69, 9.17) is 0 Å². The van der Waals surface area contributed by atoms with Gasteiger partial charge in [0, 0.05) is 45.2 Å². The van der Waals surface area contributed by atoms with Gasteiger partial charge in [-0.1, -0.05) is 0 Å². The molecule has 2 saturated heterocycles. The summed E-state index contributed by atoms with van der Waals surface area (Å²) in [5.41, 5.74) is 0. The van der Waals surface area contributed by atoms with Crippen molar-refractivity contribution in [1.29, 1.82) is 0 Å². The highest BCUT2D eigenvalue weighted by atomic mass is 32.2. The van der Waals surface area contributed by atoms with Gasteiger partial charge < -0.3 is 9.80 Å². The molecular formula is C16H24N4O4S2. The van der Waals surface area contributed by atoms with Crippen LogP contribution in [0, 0.1) is 5.92 Å². The molecule has 8 nitrogen and oxygen atoms in total. The molecule has 3 amide bonds. The highest BCUT2D eigenvalue weighted by Crippen LogP contribution is 2.22. The van der Waals surface area contributed by atoms with Crippen LogP contribution in [-0.2, 0) is 14.8 Å². The number of carbonyl (C=O) groups excluding carboxylic acids is 2. The zero-order valence-corrected chi connectivity index (χ0v) is 16.4. The molecule has 10 heteroatoms. The molecule has 0 spiro atoms. The van der Waals surface area contributed by atoms with Gasteiger partial charge in [-0.15, -0.1) is 11.3 Å². The summed E-state index contributed by atoms with van der Waals surface area (Å²) in [4.78, 5) is 28.4. The summed E-state index contributed by atoms with van der Waals surface area (Å²) in [6.07, 6.45) is 2.48. The number of piperidine rings is 1. The van der Waals surface area contributed by atoms with Crippen molar-refractivity contribution in [3.8, 4) is 0 Å². The Morgan fingerprint density at radius 1 is 1.08 bits per heavy atom. The first-order valence-electron chi connectivity index (χ1n) is 8.68. The van der Waals surface area contributed by atoms with E-state index in [0.717, 1.165) is 5.00 Å². The van der Waals surface area contributed by atoms with E-state index < -0.39 is 10.0 Å². The Balaban J connectivity index is 1.46. The van der Waals surface area contributed by atoms with Crippen LogP contribution in [0.25, 0.3) is 0 Å². The van der Waals surface area contributed by atoms with Crippen molar-refractivity contribution in [2.75, 3.05) is 50.8 Å². The number of nitrogens with zero attached hydrogens (tertiary/aromatic N) is 3. The summed E-state index contributed by atoms with van der Waals surface area (Å²) in [5.74, 6) is -0.0120. The number of hydrogen-bond acceptors (Lipinski definition) is 5. The van der Waals surface area contributed by atoms with Gasteiger partial charge in [0.2, 0.25) is 15.9 Å². The van der Waals surface area contributed by atoms with Crippen molar-refractivity contribution in [3.05, 3.63) is 17.5 Å². The summed E-state index contributed by atoms with van der Waals surface area (Å²) in [7, 11) is -3.19. The number of likely N-dealkylation sites (tertiary alicyclic amines) is 1. The van der Waals surface area contributed by atoms with Gasteiger partial charge in [0.05, 0.1) is 11.3 Å². The lowest BCUT2D eigenvalue weighted by Gasteiger charge is -2.37. The number of anilines is 1. The molecule has 0 saturated carbocycles. The van der Waals surface area contributed by atoms with Crippen LogP contribution < -0.4 is 5.32 Å². The normalized spacial score (nSPS) is 20.2. The van der Waals surface area contributed by atoms with Crippen molar-refractivity contribution in [2.24, 2.45) is 5.92 Å². The van der Waals surface area contributed by atoms with E-state index in [1.165, 1.54) is 21.9 Å². The standard InChI is InChI=1S/C16H24N4O4S2/c1-26(23,24)20-10-8-18(9-11-20)15(21)13-4-6-19(7-5-13)16(22)17-14-3-2-12-25-14/h2-3,12-13H,4-11H2,1H3,(H,17,22). The predicted octanol–water partition coefficient (Wildman–Crippen LogP) is 1.10. The minimum Gasteiger partial charge on any atom is -0.340 e. The molecule has 0 atom stereocenters. The van der Waals surface area contributed by atoms with Crippen LogP contribution in [0.1, 0.15) is 12.8 Å². The first-order valence-corrected chi connectivity index (χ1v) is 11.4. The molecule has 3 rings (SSSR count). The number of sulfonamides is 1. The lowest BCUT2D eigenvalue weighted by Crippen LogP contribution is -2.53. The minimum atomic E-state index is -3.19. The molecule has 26 heavy (non-hydrogen) atoms. The maximum absolute atomic E-state index is 12.7. The van der Waals surface area contributed by atoms with Gasteiger partial charge in [-0.3, -0.25) is 10.1 Å². The van der Waals surface area contributed by atoms with E-state index in [1.807, 2.05) is 17.5 Å². The Kier molecular flexibility index (Phi) is 5.83. The number of nitrogens with one attached hydrogen (secondary N) is 1. The van der Waals surface area contributed by atoms with Crippen LogP contribution >= 0.6 is 11.3 Å². The Morgan fingerprint density at radius 2 is 1.73 bits per heavy atom. The van der Waals surface area contributed by atoms with Gasteiger partial charge in [0.15, 0.2) is 0 Å². The fourth-order valence-electron chi connectivity index (χ4n) is 3.36. The zero-order chi connectivity index (χ0) is 18.7. The fourth-order valence-corrected chi connectivity index (χ4v) is 4.80. The molecule has 0 unspecified atom stereocenters. The average Bonchev–Trinajstić information content (AvgIpc) is 3.13. The Hall–Kier alpha value is -1.65. The second-order valence-electron chi connectivity index (χ2n) is 6.66. The van der Waals surface area contributed by atoms with Crippen LogP contribution in [0.15, 0.2) is 17.5 Å². The van der Waals surface area contributed by atoms with E-state index >= 15 is 0 Å². The molecular weight excluding hydrogens is 376 g/mol. The number of thiophene rings is 1. The molecule has 2 aliphatic rings. The molecule has 144 valence electrons. The third-order valence-electron chi connectivity index (χ3n) is 4.90. The number of amides is 3. The molecule has 1 N–H and O–H groups in total. The molecule has 1 aromatic rings. The van der Waals surface area contributed by atoms with Crippen LogP contribution in [0.5, 0.6) is 0 Å². The second kappa shape index (κ2) is 7.93. The Morgan fingerprint density at radius 3 is 2.27 bits per heavy atom. The van der Waals surface area contributed by atoms with Crippen molar-refractivity contribution in [1.82, 2.24) is 14.1 Å². The number of urea groups is 1. The number of hydrogen-bond donors (Lipinski definition) is 1. The fraction of sp³-hybridized carbons (Fsp3) is 0.625. The van der Waals surface area contributed by atoms with Crippen LogP contribution in [0.3, 0.4) is 0 Å². The monoisotopic (exact) mass is 400 g/mol. The van der Waals surface area contributed by atoms with Crippen molar-refractivity contribution in [3.63, 3.8) is 0 Å². The quantitative estimate of drug-likeness (QED) is 0.823. The van der Waals surface area contributed by atoms with Crippen molar-refractivity contribution < 1.29 is 18.0 Å². The lowest BCUT2D eigenvalue weighted by molar-refractivity contribution is -0.138. The van der Waals surface area contributed by atoms with Gasteiger partial charge in [0.1, 0.15) is 0 Å². The van der Waals surface area contributed by atoms with E-state index in [9.17, 15) is 18.0 Å². The number of rotatable bonds is 3. The molecule has 0 aromatic carbocycles. The van der Waals surface area contributed by atoms with E-state index in [0.29, 0.717) is 52.1 Å². The average molecular weight is 401 g/mol. The molecule has 0 bridgehead atoms. The maximum atomic E-state index is 12.7. The zero-order valence-electron chi connectivity index (χ0n) is 14.8. The largest absolute Gasteiger partial charge is 0.340 e. The van der Waals surface area contributed by atoms with Crippen molar-refractivity contribution >= 4 is 38.3 Å². The van der Waals surface area contributed by atoms with Gasteiger partial charge in [-0.2, -0.15) is 4.31 Å². The summed E-state index contributed by atoms with van der Waals surface area (Å²) < 4.78 is 24.5. The summed E-state index contributed by atoms with van der Waals surface area (Å²) in [6.45, 7) is 2.68. The topological polar surface area (TPSA) is 90.0 Å². The van der Waals surface area contributed by atoms with E-state index in [1.54, 1.807) is 9.80 Å². The first-order chi connectivity index (χ1) is 12.3. The third kappa shape index (κ3) is 4.54. The van der Waals surface area contributed by atoms with Gasteiger partial charge in [0.25, 0.3) is 0 Å². The molecule has 1 aromatic heterocycles. The number of carbonyl (C=O) groups is 2. The summed E-state index contributed by atoms with van der Waals surface area (Å²) >= 11 is 1.48. The molecule has 2 aliphatic heterocycles. The smallest absolute Gasteiger partial charge is 0.322 e. The number of piperazine rings is 1. The van der Waals surface area contributed by atoms with E-state index in [2.05, 4.69) is 5.32 Å². The van der Waals surface area contributed by atoms with Crippen molar-refractivity contribution in [2.45, 2.75) is 12.8 Å². The lowest BCUT2D eigenvalue weighted by atomic mass is 9.95. The van der Waals surface area contributed by atoms with Gasteiger partial charge in [-0.05, 0) is 30.4 Å². The summed E-state index contributed by atoms with van der Waals surface area (Å²) in [5, 5.41) is 5.59. The van der Waals surface area contributed by atoms with Crippen LogP contribution in [0.4, 0.5) is 9.80 Å². The third-order valence-corrected chi connectivity index (χ3v) is 6.99. The highest BCUT2D eigenvalue weighted by Gasteiger charge is 2.33. The summed E-state index contributed by atoms with van der Waals surface area (Å²) in [6, 6.07) is 3.61. The highest BCUT2D eigenvalue weighted by molar-refractivity contribution is 7.88. The predicted molar refractivity (Wildman–Crippen MR) is 101 cm³/mol. The van der Waals surface area contributed by atoms with E-state index in [-0.39, 0.29) is 17.9 Å². The van der Waals surface area contributed by atoms with Crippen LogP contribution in [0.2, 0.25) is 0 Å². The van der Waals surface area contributed by atoms with Gasteiger partial charge in [-0.25, -0.2) is 13.2 Å². The molecule has 0 aliphatic carbocycles. The molecule has 2 fully saturated rings. The van der Waals surface area contributed by atoms with Gasteiger partial charge >= 0.3 is 6.03 Å². The molecule has 3 heterocycles. The molecule has 0 radical (unpaired) electrons.